The number of nitro groups is 1. The van der Waals surface area contributed by atoms with Crippen LogP contribution in [0.3, 0.4) is 0 Å². The van der Waals surface area contributed by atoms with Gasteiger partial charge in [-0.05, 0) is 24.6 Å². The third-order valence-corrected chi connectivity index (χ3v) is 2.15. The van der Waals surface area contributed by atoms with Crippen LogP contribution in [-0.2, 0) is 0 Å². The van der Waals surface area contributed by atoms with Crippen LogP contribution in [0.1, 0.15) is 19.4 Å². The monoisotopic (exact) mass is 237 g/mol. The molecule has 5 nitrogen and oxygen atoms in total. The third-order valence-electron chi connectivity index (χ3n) is 2.15. The Balaban J connectivity index is 3.07. The van der Waals surface area contributed by atoms with Gasteiger partial charge in [-0.15, -0.1) is 0 Å². The second-order valence-electron chi connectivity index (χ2n) is 3.39. The van der Waals surface area contributed by atoms with E-state index in [9.17, 15) is 10.1 Å². The van der Waals surface area contributed by atoms with Crippen LogP contribution >= 0.6 is 0 Å². The molecule has 0 bridgehead atoms. The van der Waals surface area contributed by atoms with Crippen molar-refractivity contribution in [3.8, 4) is 11.5 Å². The molecule has 0 saturated heterocycles. The maximum Gasteiger partial charge on any atom is 0.243 e. The lowest BCUT2D eigenvalue weighted by Gasteiger charge is -2.09. The second-order valence-corrected chi connectivity index (χ2v) is 3.39. The Bertz CT molecular complexity index is 440. The summed E-state index contributed by atoms with van der Waals surface area (Å²) in [6.07, 6.45) is 1.49. The SMILES string of the molecule is CCOc1cc(/C=C(\C)[N+](=O)[O-])ccc1OC. The summed E-state index contributed by atoms with van der Waals surface area (Å²) in [4.78, 5) is 10.1. The van der Waals surface area contributed by atoms with Gasteiger partial charge in [0.2, 0.25) is 5.70 Å². The minimum Gasteiger partial charge on any atom is -0.493 e. The van der Waals surface area contributed by atoms with Crippen molar-refractivity contribution < 1.29 is 14.4 Å². The fourth-order valence-corrected chi connectivity index (χ4v) is 1.35. The summed E-state index contributed by atoms with van der Waals surface area (Å²) < 4.78 is 10.5. The van der Waals surface area contributed by atoms with Crippen molar-refractivity contribution in [2.75, 3.05) is 13.7 Å². The molecule has 1 aromatic carbocycles. The topological polar surface area (TPSA) is 61.6 Å². The number of rotatable bonds is 5. The molecule has 0 N–H and O–H groups in total. The minimum atomic E-state index is -0.426. The van der Waals surface area contributed by atoms with Gasteiger partial charge in [-0.2, -0.15) is 0 Å². The molecule has 0 aromatic heterocycles. The van der Waals surface area contributed by atoms with E-state index < -0.39 is 4.92 Å². The molecule has 17 heavy (non-hydrogen) atoms. The van der Waals surface area contributed by atoms with E-state index in [0.717, 1.165) is 0 Å². The molecule has 0 radical (unpaired) electrons. The second kappa shape index (κ2) is 5.89. The molecule has 0 atom stereocenters. The molecule has 0 fully saturated rings. The van der Waals surface area contributed by atoms with Crippen LogP contribution in [0, 0.1) is 10.1 Å². The lowest BCUT2D eigenvalue weighted by Crippen LogP contribution is -1.96. The standard InChI is InChI=1S/C12H15NO4/c1-4-17-12-8-10(5-6-11(12)16-3)7-9(2)13(14)15/h5-8H,4H2,1-3H3/b9-7+. The highest BCUT2D eigenvalue weighted by atomic mass is 16.6. The van der Waals surface area contributed by atoms with E-state index in [0.29, 0.717) is 23.7 Å². The van der Waals surface area contributed by atoms with Gasteiger partial charge in [0, 0.05) is 13.0 Å². The minimum absolute atomic E-state index is 0.0811. The molecule has 0 aliphatic carbocycles. The molecule has 0 aliphatic heterocycles. The van der Waals surface area contributed by atoms with Crippen molar-refractivity contribution in [1.29, 1.82) is 0 Å². The first kappa shape index (κ1) is 13.0. The number of ether oxygens (including phenoxy) is 2. The Morgan fingerprint density at radius 1 is 1.47 bits per heavy atom. The van der Waals surface area contributed by atoms with Crippen LogP contribution in [0.15, 0.2) is 23.9 Å². The fourth-order valence-electron chi connectivity index (χ4n) is 1.35. The Hall–Kier alpha value is -2.04. The van der Waals surface area contributed by atoms with Crippen LogP contribution in [0.2, 0.25) is 0 Å². The highest BCUT2D eigenvalue weighted by molar-refractivity contribution is 5.56. The van der Waals surface area contributed by atoms with Gasteiger partial charge in [0.1, 0.15) is 0 Å². The summed E-state index contributed by atoms with van der Waals surface area (Å²) in [6.45, 7) is 3.83. The Morgan fingerprint density at radius 3 is 2.71 bits per heavy atom. The molecular weight excluding hydrogens is 222 g/mol. The van der Waals surface area contributed by atoms with Crippen LogP contribution < -0.4 is 9.47 Å². The normalized spacial score (nSPS) is 11.1. The zero-order chi connectivity index (χ0) is 12.8. The van der Waals surface area contributed by atoms with Crippen LogP contribution in [0.5, 0.6) is 11.5 Å². The molecule has 92 valence electrons. The number of benzene rings is 1. The van der Waals surface area contributed by atoms with Gasteiger partial charge < -0.3 is 9.47 Å². The van der Waals surface area contributed by atoms with E-state index in [2.05, 4.69) is 0 Å². The molecule has 1 aromatic rings. The van der Waals surface area contributed by atoms with Crippen LogP contribution in [0.25, 0.3) is 6.08 Å². The zero-order valence-electron chi connectivity index (χ0n) is 10.1. The summed E-state index contributed by atoms with van der Waals surface area (Å²) in [5, 5.41) is 10.5. The lowest BCUT2D eigenvalue weighted by molar-refractivity contribution is -0.422. The van der Waals surface area contributed by atoms with E-state index in [1.165, 1.54) is 13.0 Å². The van der Waals surface area contributed by atoms with Crippen molar-refractivity contribution in [1.82, 2.24) is 0 Å². The van der Waals surface area contributed by atoms with Crippen molar-refractivity contribution >= 4 is 6.08 Å². The van der Waals surface area contributed by atoms with Gasteiger partial charge in [-0.3, -0.25) is 10.1 Å². The fraction of sp³-hybridized carbons (Fsp3) is 0.333. The molecule has 0 heterocycles. The Labute approximate surface area is 99.8 Å². The van der Waals surface area contributed by atoms with E-state index in [1.807, 2.05) is 6.92 Å². The highest BCUT2D eigenvalue weighted by Crippen LogP contribution is 2.28. The first-order valence-electron chi connectivity index (χ1n) is 5.22. The zero-order valence-corrected chi connectivity index (χ0v) is 10.1. The third kappa shape index (κ3) is 3.48. The number of hydrogen-bond donors (Lipinski definition) is 0. The highest BCUT2D eigenvalue weighted by Gasteiger charge is 2.07. The summed E-state index contributed by atoms with van der Waals surface area (Å²) in [5.41, 5.74) is 0.793. The molecule has 0 aliphatic rings. The summed E-state index contributed by atoms with van der Waals surface area (Å²) in [6, 6.07) is 5.19. The van der Waals surface area contributed by atoms with Gasteiger partial charge >= 0.3 is 0 Å². The number of hydrogen-bond acceptors (Lipinski definition) is 4. The predicted molar refractivity (Wildman–Crippen MR) is 64.8 cm³/mol. The van der Waals surface area contributed by atoms with E-state index in [-0.39, 0.29) is 5.70 Å². The predicted octanol–water partition coefficient (Wildman–Crippen LogP) is 2.73. The van der Waals surface area contributed by atoms with Crippen molar-refractivity contribution in [3.05, 3.63) is 39.6 Å². The van der Waals surface area contributed by atoms with Gasteiger partial charge in [0.05, 0.1) is 18.6 Å². The van der Waals surface area contributed by atoms with Gasteiger partial charge in [-0.1, -0.05) is 6.07 Å². The molecule has 1 rings (SSSR count). The van der Waals surface area contributed by atoms with E-state index >= 15 is 0 Å². The molecular formula is C12H15NO4. The number of nitrogens with zero attached hydrogens (tertiary/aromatic N) is 1. The van der Waals surface area contributed by atoms with E-state index in [4.69, 9.17) is 9.47 Å². The quantitative estimate of drug-likeness (QED) is 0.583. The molecule has 0 saturated carbocycles. The van der Waals surface area contributed by atoms with Crippen LogP contribution in [0.4, 0.5) is 0 Å². The largest absolute Gasteiger partial charge is 0.493 e. The average molecular weight is 237 g/mol. The first-order valence-corrected chi connectivity index (χ1v) is 5.22. The molecule has 0 amide bonds. The smallest absolute Gasteiger partial charge is 0.243 e. The van der Waals surface area contributed by atoms with Crippen molar-refractivity contribution in [3.63, 3.8) is 0 Å². The summed E-state index contributed by atoms with van der Waals surface area (Å²) >= 11 is 0. The number of allylic oxidation sites excluding steroid dienone is 1. The van der Waals surface area contributed by atoms with Gasteiger partial charge in [0.15, 0.2) is 11.5 Å². The summed E-state index contributed by atoms with van der Waals surface area (Å²) in [5.74, 6) is 1.20. The molecule has 5 heteroatoms. The van der Waals surface area contributed by atoms with Crippen LogP contribution in [-0.4, -0.2) is 18.6 Å². The van der Waals surface area contributed by atoms with Crippen molar-refractivity contribution in [2.24, 2.45) is 0 Å². The average Bonchev–Trinajstić information content (AvgIpc) is 2.29. The Morgan fingerprint density at radius 2 is 2.18 bits per heavy atom. The first-order chi connectivity index (χ1) is 8.08. The summed E-state index contributed by atoms with van der Waals surface area (Å²) in [7, 11) is 1.55. The van der Waals surface area contributed by atoms with Gasteiger partial charge in [0.25, 0.3) is 0 Å². The maximum absolute atomic E-state index is 10.5. The number of methoxy groups -OCH3 is 1. The van der Waals surface area contributed by atoms with Gasteiger partial charge in [-0.25, -0.2) is 0 Å². The van der Waals surface area contributed by atoms with E-state index in [1.54, 1.807) is 25.3 Å². The maximum atomic E-state index is 10.5. The Kier molecular flexibility index (Phi) is 4.51. The van der Waals surface area contributed by atoms with Crippen molar-refractivity contribution in [2.45, 2.75) is 13.8 Å². The molecule has 0 spiro atoms. The molecule has 0 unspecified atom stereocenters. The lowest BCUT2D eigenvalue weighted by atomic mass is 10.1.